The van der Waals surface area contributed by atoms with Gasteiger partial charge in [0.2, 0.25) is 5.88 Å². The van der Waals surface area contributed by atoms with Gasteiger partial charge in [-0.25, -0.2) is 4.98 Å². The van der Waals surface area contributed by atoms with Gasteiger partial charge in [-0.1, -0.05) is 6.92 Å². The van der Waals surface area contributed by atoms with E-state index < -0.39 is 5.97 Å². The van der Waals surface area contributed by atoms with Gasteiger partial charge in [0.05, 0.1) is 5.92 Å². The molecule has 1 aromatic heterocycles. The largest absolute Gasteiger partial charge is 0.493 e. The number of rotatable bonds is 3. The minimum atomic E-state index is -0.753. The molecular weight excluding hydrogens is 206 g/mol. The van der Waals surface area contributed by atoms with Gasteiger partial charge in [-0.3, -0.25) is 4.79 Å². The molecule has 16 heavy (non-hydrogen) atoms. The van der Waals surface area contributed by atoms with Gasteiger partial charge in [0.25, 0.3) is 0 Å². The Hall–Kier alpha value is -1.58. The van der Waals surface area contributed by atoms with E-state index in [1.165, 1.54) is 0 Å². The van der Waals surface area contributed by atoms with Gasteiger partial charge < -0.3 is 10.2 Å². The normalized spacial score (nSPS) is 20.4. The molecule has 2 unspecified atom stereocenters. The number of carboxylic acid groups (broad SMARTS) is 1. The summed E-state index contributed by atoms with van der Waals surface area (Å²) in [5.74, 6) is -1.11. The lowest BCUT2D eigenvalue weighted by molar-refractivity contribution is -0.142. The quantitative estimate of drug-likeness (QED) is 0.818. The molecule has 4 nitrogen and oxygen atoms in total. The van der Waals surface area contributed by atoms with Gasteiger partial charge in [-0.15, -0.1) is 0 Å². The molecule has 0 amide bonds. The zero-order chi connectivity index (χ0) is 11.7. The molecule has 0 aromatic carbocycles. The summed E-state index contributed by atoms with van der Waals surface area (Å²) in [5.41, 5.74) is 2.03. The highest BCUT2D eigenvalue weighted by Crippen LogP contribution is 2.40. The molecule has 1 aliphatic rings. The van der Waals surface area contributed by atoms with E-state index in [1.807, 2.05) is 6.92 Å². The van der Waals surface area contributed by atoms with E-state index in [2.05, 4.69) is 4.98 Å². The second-order valence-corrected chi connectivity index (χ2v) is 4.24. The summed E-state index contributed by atoms with van der Waals surface area (Å²) in [6, 6.07) is 1.61. The molecular formula is C12H15NO3. The predicted molar refractivity (Wildman–Crippen MR) is 58.4 cm³/mol. The van der Waals surface area contributed by atoms with Crippen molar-refractivity contribution in [3.8, 4) is 5.88 Å². The number of aromatic hydroxyl groups is 1. The van der Waals surface area contributed by atoms with Crippen molar-refractivity contribution < 1.29 is 15.0 Å². The Labute approximate surface area is 93.9 Å². The number of aromatic nitrogens is 1. The van der Waals surface area contributed by atoms with E-state index in [1.54, 1.807) is 12.3 Å². The molecule has 2 atom stereocenters. The van der Waals surface area contributed by atoms with Crippen LogP contribution in [0.2, 0.25) is 0 Å². The van der Waals surface area contributed by atoms with Crippen molar-refractivity contribution in [1.82, 2.24) is 4.98 Å². The molecule has 0 bridgehead atoms. The lowest BCUT2D eigenvalue weighted by Crippen LogP contribution is -2.19. The maximum Gasteiger partial charge on any atom is 0.307 e. The van der Waals surface area contributed by atoms with Crippen molar-refractivity contribution >= 4 is 5.97 Å². The number of aliphatic carboxylic acids is 1. The van der Waals surface area contributed by atoms with Crippen LogP contribution < -0.4 is 0 Å². The molecule has 4 heteroatoms. The van der Waals surface area contributed by atoms with Crippen LogP contribution in [-0.2, 0) is 11.2 Å². The van der Waals surface area contributed by atoms with E-state index in [0.29, 0.717) is 6.42 Å². The molecule has 0 saturated heterocycles. The minimum Gasteiger partial charge on any atom is -0.493 e. The Bertz CT molecular complexity index is 417. The highest BCUT2D eigenvalue weighted by Gasteiger charge is 2.33. The number of hydrogen-bond donors (Lipinski definition) is 2. The Morgan fingerprint density at radius 3 is 3.06 bits per heavy atom. The average molecular weight is 221 g/mol. The van der Waals surface area contributed by atoms with Gasteiger partial charge in [0.15, 0.2) is 0 Å². The first-order valence-electron chi connectivity index (χ1n) is 5.54. The van der Waals surface area contributed by atoms with Gasteiger partial charge in [-0.2, -0.15) is 0 Å². The maximum absolute atomic E-state index is 11.1. The molecule has 1 heterocycles. The van der Waals surface area contributed by atoms with E-state index in [4.69, 9.17) is 5.11 Å². The summed E-state index contributed by atoms with van der Waals surface area (Å²) in [7, 11) is 0. The molecule has 2 N–H and O–H groups in total. The molecule has 1 aromatic rings. The molecule has 0 aliphatic heterocycles. The fourth-order valence-electron chi connectivity index (χ4n) is 2.56. The minimum absolute atomic E-state index is 0.0198. The molecule has 1 aliphatic carbocycles. The number of aryl methyl sites for hydroxylation is 1. The van der Waals surface area contributed by atoms with Crippen molar-refractivity contribution in [2.45, 2.75) is 32.1 Å². The monoisotopic (exact) mass is 221 g/mol. The second kappa shape index (κ2) is 4.12. The van der Waals surface area contributed by atoms with Gasteiger partial charge in [0.1, 0.15) is 0 Å². The third kappa shape index (κ3) is 1.75. The number of carboxylic acids is 1. The van der Waals surface area contributed by atoms with Gasteiger partial charge in [-0.05, 0) is 36.3 Å². The first-order valence-corrected chi connectivity index (χ1v) is 5.54. The standard InChI is InChI=1S/C12H15NO3/c1-2-8(12(15)16)9-4-3-7-6-13-11(14)5-10(7)9/h5-6,8-9H,2-4H2,1H3,(H,13,14)(H,15,16). The van der Waals surface area contributed by atoms with Crippen LogP contribution in [0.5, 0.6) is 5.88 Å². The maximum atomic E-state index is 11.1. The number of fused-ring (bicyclic) bond motifs is 1. The van der Waals surface area contributed by atoms with Gasteiger partial charge >= 0.3 is 5.97 Å². The van der Waals surface area contributed by atoms with Crippen LogP contribution >= 0.6 is 0 Å². The Morgan fingerprint density at radius 1 is 1.69 bits per heavy atom. The van der Waals surface area contributed by atoms with E-state index >= 15 is 0 Å². The number of carbonyl (C=O) groups is 1. The van der Waals surface area contributed by atoms with Crippen LogP contribution in [0.25, 0.3) is 0 Å². The van der Waals surface area contributed by atoms with Crippen LogP contribution in [0, 0.1) is 5.92 Å². The van der Waals surface area contributed by atoms with Crippen LogP contribution in [-0.4, -0.2) is 21.2 Å². The van der Waals surface area contributed by atoms with Crippen LogP contribution in [0.15, 0.2) is 12.3 Å². The molecule has 0 saturated carbocycles. The Morgan fingerprint density at radius 2 is 2.44 bits per heavy atom. The van der Waals surface area contributed by atoms with Gasteiger partial charge in [0, 0.05) is 12.3 Å². The fourth-order valence-corrected chi connectivity index (χ4v) is 2.56. The van der Waals surface area contributed by atoms with Crippen molar-refractivity contribution in [2.24, 2.45) is 5.92 Å². The molecule has 0 fully saturated rings. The van der Waals surface area contributed by atoms with E-state index in [9.17, 15) is 9.90 Å². The Balaban J connectivity index is 2.35. The zero-order valence-corrected chi connectivity index (χ0v) is 9.18. The summed E-state index contributed by atoms with van der Waals surface area (Å²) >= 11 is 0. The third-order valence-electron chi connectivity index (χ3n) is 3.37. The van der Waals surface area contributed by atoms with Crippen LogP contribution in [0.3, 0.4) is 0 Å². The zero-order valence-electron chi connectivity index (χ0n) is 9.18. The lowest BCUT2D eigenvalue weighted by atomic mass is 9.86. The summed E-state index contributed by atoms with van der Waals surface area (Å²) in [5, 5.41) is 18.5. The summed E-state index contributed by atoms with van der Waals surface area (Å²) in [6.07, 6.45) is 3.96. The lowest BCUT2D eigenvalue weighted by Gasteiger charge is -2.18. The van der Waals surface area contributed by atoms with Crippen LogP contribution in [0.1, 0.15) is 36.8 Å². The van der Waals surface area contributed by atoms with Crippen molar-refractivity contribution in [1.29, 1.82) is 0 Å². The van der Waals surface area contributed by atoms with E-state index in [0.717, 1.165) is 24.0 Å². The Kier molecular flexibility index (Phi) is 2.81. The SMILES string of the molecule is CCC(C(=O)O)C1CCc2cnc(O)cc21. The highest BCUT2D eigenvalue weighted by molar-refractivity contribution is 5.71. The van der Waals surface area contributed by atoms with Crippen molar-refractivity contribution in [2.75, 3.05) is 0 Å². The number of nitrogens with zero attached hydrogens (tertiary/aromatic N) is 1. The smallest absolute Gasteiger partial charge is 0.307 e. The van der Waals surface area contributed by atoms with E-state index in [-0.39, 0.29) is 17.7 Å². The molecule has 2 rings (SSSR count). The summed E-state index contributed by atoms with van der Waals surface area (Å²) in [6.45, 7) is 1.89. The third-order valence-corrected chi connectivity index (χ3v) is 3.37. The second-order valence-electron chi connectivity index (χ2n) is 4.24. The molecule has 0 spiro atoms. The molecule has 86 valence electrons. The first-order chi connectivity index (χ1) is 7.63. The predicted octanol–water partition coefficient (Wildman–Crippen LogP) is 1.93. The van der Waals surface area contributed by atoms with Crippen LogP contribution in [0.4, 0.5) is 0 Å². The number of pyridine rings is 1. The van der Waals surface area contributed by atoms with Crippen molar-refractivity contribution in [3.63, 3.8) is 0 Å². The van der Waals surface area contributed by atoms with Crippen molar-refractivity contribution in [3.05, 3.63) is 23.4 Å². The summed E-state index contributed by atoms with van der Waals surface area (Å²) in [4.78, 5) is 15.0. The number of hydrogen-bond acceptors (Lipinski definition) is 3. The topological polar surface area (TPSA) is 70.4 Å². The fraction of sp³-hybridized carbons (Fsp3) is 0.500. The highest BCUT2D eigenvalue weighted by atomic mass is 16.4. The average Bonchev–Trinajstić information content (AvgIpc) is 2.62. The first kappa shape index (κ1) is 10.9. The molecule has 0 radical (unpaired) electrons. The summed E-state index contributed by atoms with van der Waals surface area (Å²) < 4.78 is 0.